The highest BCUT2D eigenvalue weighted by atomic mass is 35.5. The second kappa shape index (κ2) is 18.5. The Bertz CT molecular complexity index is 2150. The number of halogens is 2. The molecule has 2 aromatic heterocycles. The molecule has 0 saturated carbocycles. The Balaban J connectivity index is 1.59. The zero-order chi connectivity index (χ0) is 40.7. The molecule has 10 nitrogen and oxygen atoms in total. The number of nitrogens with one attached hydrogen (secondary N) is 1. The number of benzene rings is 3. The highest BCUT2D eigenvalue weighted by Crippen LogP contribution is 2.43. The maximum Gasteiger partial charge on any atom is 0.407 e. The molecule has 0 fully saturated rings. The van der Waals surface area contributed by atoms with Gasteiger partial charge in [-0.1, -0.05) is 59.6 Å². The molecule has 1 amide bonds. The van der Waals surface area contributed by atoms with E-state index in [0.717, 1.165) is 44.0 Å². The third kappa shape index (κ3) is 10.2. The number of amides is 1. The zero-order valence-electron chi connectivity index (χ0n) is 33.8. The van der Waals surface area contributed by atoms with Gasteiger partial charge < -0.3 is 28.8 Å². The molecule has 3 aromatic carbocycles. The van der Waals surface area contributed by atoms with Crippen LogP contribution < -0.4 is 10.1 Å². The first kappa shape index (κ1) is 42.5. The fourth-order valence-electron chi connectivity index (χ4n) is 6.91. The van der Waals surface area contributed by atoms with Crippen LogP contribution in [0, 0.1) is 27.7 Å². The number of hydrogen-bond donors (Lipinski definition) is 1. The van der Waals surface area contributed by atoms with Gasteiger partial charge in [-0.2, -0.15) is 0 Å². The number of alkyl carbamates (subject to hydrolysis) is 1. The summed E-state index contributed by atoms with van der Waals surface area (Å²) in [5, 5.41) is 4.90. The van der Waals surface area contributed by atoms with E-state index in [0.29, 0.717) is 65.1 Å². The number of esters is 1. The van der Waals surface area contributed by atoms with Crippen LogP contribution in [0.4, 0.5) is 4.79 Å². The summed E-state index contributed by atoms with van der Waals surface area (Å²) in [5.41, 5.74) is 6.97. The second-order valence-corrected chi connectivity index (χ2v) is 15.7. The molecule has 5 rings (SSSR count). The first-order valence-corrected chi connectivity index (χ1v) is 19.7. The van der Waals surface area contributed by atoms with Gasteiger partial charge in [-0.05, 0) is 116 Å². The van der Waals surface area contributed by atoms with Crippen molar-refractivity contribution in [2.24, 2.45) is 0 Å². The standard InChI is InChI=1S/C44H52Cl2N4O6/c1-10-54-42(51)41-33(17-14-20-55-32-21-26(2)39(46)27(3)22-32)34-18-19-35(45)38(40(34)50(41)28(4)23-47-43(52)56-44(7,8)9)37-29(5)48-36(49-30(37)6)25-53-24-31-15-12-11-13-16-31/h11-13,15-16,18-19,21-22,28H,10,14,17,20,23-25H2,1-9H3,(H,47,52)/t28-/m1/s1. The summed E-state index contributed by atoms with van der Waals surface area (Å²) in [6.07, 6.45) is 0.517. The van der Waals surface area contributed by atoms with Crippen molar-refractivity contribution in [3.05, 3.63) is 110 Å². The lowest BCUT2D eigenvalue weighted by Gasteiger charge is -2.23. The summed E-state index contributed by atoms with van der Waals surface area (Å²) < 4.78 is 25.3. The minimum Gasteiger partial charge on any atom is -0.494 e. The van der Waals surface area contributed by atoms with E-state index in [2.05, 4.69) is 5.32 Å². The van der Waals surface area contributed by atoms with E-state index in [1.807, 2.05) is 93.8 Å². The van der Waals surface area contributed by atoms with Crippen molar-refractivity contribution in [1.29, 1.82) is 0 Å². The van der Waals surface area contributed by atoms with Crippen molar-refractivity contribution in [3.63, 3.8) is 0 Å². The quantitative estimate of drug-likeness (QED) is 0.0822. The van der Waals surface area contributed by atoms with E-state index in [4.69, 9.17) is 52.1 Å². The molecule has 0 aliphatic carbocycles. The van der Waals surface area contributed by atoms with Crippen LogP contribution in [0.25, 0.3) is 22.0 Å². The number of nitrogens with zero attached hydrogens (tertiary/aromatic N) is 3. The van der Waals surface area contributed by atoms with Gasteiger partial charge in [0.25, 0.3) is 0 Å². The molecule has 56 heavy (non-hydrogen) atoms. The normalized spacial score (nSPS) is 12.1. The highest BCUT2D eigenvalue weighted by Gasteiger charge is 2.31. The molecule has 1 N–H and O–H groups in total. The topological polar surface area (TPSA) is 114 Å². The number of carbonyl (C=O) groups excluding carboxylic acids is 2. The van der Waals surface area contributed by atoms with E-state index in [-0.39, 0.29) is 19.8 Å². The molecule has 298 valence electrons. The summed E-state index contributed by atoms with van der Waals surface area (Å²) >= 11 is 13.6. The number of rotatable bonds is 15. The maximum atomic E-state index is 14.1. The lowest BCUT2D eigenvalue weighted by molar-refractivity contribution is 0.0510. The van der Waals surface area contributed by atoms with Gasteiger partial charge >= 0.3 is 12.1 Å². The molecular formula is C44H52Cl2N4O6. The Labute approximate surface area is 339 Å². The Hall–Kier alpha value is -4.64. The lowest BCUT2D eigenvalue weighted by atomic mass is 9.97. The number of fused-ring (bicyclic) bond motifs is 1. The van der Waals surface area contributed by atoms with Crippen LogP contribution in [-0.2, 0) is 33.8 Å². The Morgan fingerprint density at radius 1 is 0.911 bits per heavy atom. The van der Waals surface area contributed by atoms with Crippen LogP contribution in [0.2, 0.25) is 10.0 Å². The molecule has 0 aliphatic heterocycles. The van der Waals surface area contributed by atoms with Gasteiger partial charge in [0.05, 0.1) is 30.4 Å². The van der Waals surface area contributed by atoms with Gasteiger partial charge in [-0.25, -0.2) is 19.6 Å². The Morgan fingerprint density at radius 3 is 2.20 bits per heavy atom. The fraction of sp³-hybridized carbons (Fsp3) is 0.409. The summed E-state index contributed by atoms with van der Waals surface area (Å²) in [4.78, 5) is 36.7. The van der Waals surface area contributed by atoms with Crippen LogP contribution >= 0.6 is 23.2 Å². The summed E-state index contributed by atoms with van der Waals surface area (Å²) in [5.74, 6) is 0.797. The van der Waals surface area contributed by atoms with E-state index >= 15 is 0 Å². The van der Waals surface area contributed by atoms with Crippen LogP contribution in [0.1, 0.15) is 97.0 Å². The van der Waals surface area contributed by atoms with Gasteiger partial charge in [0.1, 0.15) is 23.7 Å². The number of carbonyl (C=O) groups is 2. The molecule has 0 bridgehead atoms. The third-order valence-corrected chi connectivity index (χ3v) is 10.1. The van der Waals surface area contributed by atoms with Crippen LogP contribution in [0.5, 0.6) is 5.75 Å². The van der Waals surface area contributed by atoms with Gasteiger partial charge in [-0.15, -0.1) is 0 Å². The monoisotopic (exact) mass is 802 g/mol. The summed E-state index contributed by atoms with van der Waals surface area (Å²) in [6, 6.07) is 17.1. The van der Waals surface area contributed by atoms with E-state index < -0.39 is 23.7 Å². The molecule has 2 heterocycles. The molecule has 0 saturated heterocycles. The molecule has 0 spiro atoms. The lowest BCUT2D eigenvalue weighted by Crippen LogP contribution is -2.35. The zero-order valence-corrected chi connectivity index (χ0v) is 35.3. The van der Waals surface area contributed by atoms with E-state index in [9.17, 15) is 9.59 Å². The molecule has 5 aromatic rings. The average molecular weight is 804 g/mol. The van der Waals surface area contributed by atoms with Crippen LogP contribution in [0.15, 0.2) is 54.6 Å². The van der Waals surface area contributed by atoms with Gasteiger partial charge in [0.15, 0.2) is 5.82 Å². The van der Waals surface area contributed by atoms with Crippen molar-refractivity contribution >= 4 is 46.2 Å². The number of hydrogen-bond acceptors (Lipinski definition) is 8. The maximum absolute atomic E-state index is 14.1. The largest absolute Gasteiger partial charge is 0.494 e. The SMILES string of the molecule is CCOC(=O)c1c(CCCOc2cc(C)c(Cl)c(C)c2)c2ccc(Cl)c(-c3c(C)nc(COCc4ccccc4)nc3C)c2n1[C@H](C)CNC(=O)OC(C)(C)C. The minimum absolute atomic E-state index is 0.154. The predicted molar refractivity (Wildman–Crippen MR) is 222 cm³/mol. The van der Waals surface area contributed by atoms with E-state index in [1.165, 1.54) is 0 Å². The van der Waals surface area contributed by atoms with Crippen LogP contribution in [0.3, 0.4) is 0 Å². The fourth-order valence-corrected chi connectivity index (χ4v) is 7.27. The average Bonchev–Trinajstić information content (AvgIpc) is 3.46. The molecule has 12 heteroatoms. The number of aryl methyl sites for hydroxylation is 5. The number of ether oxygens (including phenoxy) is 4. The van der Waals surface area contributed by atoms with Gasteiger partial charge in [0.2, 0.25) is 0 Å². The molecule has 0 unspecified atom stereocenters. The van der Waals surface area contributed by atoms with Crippen molar-refractivity contribution in [3.8, 4) is 16.9 Å². The number of aromatic nitrogens is 3. The van der Waals surface area contributed by atoms with Crippen molar-refractivity contribution in [1.82, 2.24) is 19.9 Å². The second-order valence-electron chi connectivity index (χ2n) is 15.0. The predicted octanol–water partition coefficient (Wildman–Crippen LogP) is 10.6. The van der Waals surface area contributed by atoms with Crippen molar-refractivity contribution in [2.75, 3.05) is 19.8 Å². The smallest absolute Gasteiger partial charge is 0.407 e. The first-order valence-electron chi connectivity index (χ1n) is 18.9. The van der Waals surface area contributed by atoms with Crippen LogP contribution in [-0.4, -0.2) is 52.0 Å². The summed E-state index contributed by atoms with van der Waals surface area (Å²) in [7, 11) is 0. The molecule has 0 aliphatic rings. The minimum atomic E-state index is -0.684. The van der Waals surface area contributed by atoms with Crippen molar-refractivity contribution in [2.45, 2.75) is 100 Å². The highest BCUT2D eigenvalue weighted by molar-refractivity contribution is 6.35. The summed E-state index contributed by atoms with van der Waals surface area (Å²) in [6.45, 7) is 18.3. The van der Waals surface area contributed by atoms with E-state index in [1.54, 1.807) is 27.7 Å². The Kier molecular flexibility index (Phi) is 14.1. The molecule has 0 radical (unpaired) electrons. The molecule has 1 atom stereocenters. The van der Waals surface area contributed by atoms with Gasteiger partial charge in [-0.3, -0.25) is 0 Å². The van der Waals surface area contributed by atoms with Crippen molar-refractivity contribution < 1.29 is 28.5 Å². The molecular weight excluding hydrogens is 751 g/mol. The Morgan fingerprint density at radius 2 is 1.57 bits per heavy atom. The third-order valence-electron chi connectivity index (χ3n) is 9.23. The first-order chi connectivity index (χ1) is 26.6. The van der Waals surface area contributed by atoms with Gasteiger partial charge in [0, 0.05) is 45.5 Å².